The Balaban J connectivity index is 2.14. The molecule has 0 atom stereocenters. The second-order valence-corrected chi connectivity index (χ2v) is 6.00. The van der Waals surface area contributed by atoms with E-state index in [2.05, 4.69) is 11.4 Å². The molecule has 5 heteroatoms. The van der Waals surface area contributed by atoms with Crippen LogP contribution in [0.25, 0.3) is 0 Å². The molecule has 2 rings (SSSR count). The maximum Gasteiger partial charge on any atom is 0.242 e. The average molecular weight is 340 g/mol. The van der Waals surface area contributed by atoms with Gasteiger partial charge < -0.3 is 15.0 Å². The van der Waals surface area contributed by atoms with Gasteiger partial charge in [-0.05, 0) is 30.2 Å². The van der Waals surface area contributed by atoms with E-state index < -0.39 is 0 Å². The van der Waals surface area contributed by atoms with Gasteiger partial charge in [-0.15, -0.1) is 0 Å². The summed E-state index contributed by atoms with van der Waals surface area (Å²) >= 11 is 0. The lowest BCUT2D eigenvalue weighted by Gasteiger charge is -2.23. The monoisotopic (exact) mass is 340 g/mol. The number of carbonyl (C=O) groups is 2. The van der Waals surface area contributed by atoms with E-state index >= 15 is 0 Å². The molecule has 0 unspecified atom stereocenters. The highest BCUT2D eigenvalue weighted by molar-refractivity contribution is 5.83. The maximum absolute atomic E-state index is 12.6. The van der Waals surface area contributed by atoms with Crippen molar-refractivity contribution >= 4 is 11.8 Å². The molecule has 0 saturated heterocycles. The van der Waals surface area contributed by atoms with Gasteiger partial charge in [0.2, 0.25) is 11.8 Å². The van der Waals surface area contributed by atoms with Crippen molar-refractivity contribution in [3.8, 4) is 5.75 Å². The van der Waals surface area contributed by atoms with E-state index in [9.17, 15) is 9.59 Å². The lowest BCUT2D eigenvalue weighted by atomic mass is 10.1. The minimum Gasteiger partial charge on any atom is -0.497 e. The van der Waals surface area contributed by atoms with Gasteiger partial charge >= 0.3 is 0 Å². The Hall–Kier alpha value is -2.82. The van der Waals surface area contributed by atoms with Gasteiger partial charge in [-0.25, -0.2) is 0 Å². The van der Waals surface area contributed by atoms with Gasteiger partial charge in [0, 0.05) is 20.0 Å². The highest BCUT2D eigenvalue weighted by Gasteiger charge is 2.15. The zero-order valence-corrected chi connectivity index (χ0v) is 14.9. The predicted molar refractivity (Wildman–Crippen MR) is 97.1 cm³/mol. The average Bonchev–Trinajstić information content (AvgIpc) is 2.59. The van der Waals surface area contributed by atoms with Gasteiger partial charge in [0.1, 0.15) is 5.75 Å². The quantitative estimate of drug-likeness (QED) is 0.843. The van der Waals surface area contributed by atoms with Crippen molar-refractivity contribution in [3.63, 3.8) is 0 Å². The summed E-state index contributed by atoms with van der Waals surface area (Å²) in [7, 11) is 1.62. The van der Waals surface area contributed by atoms with Crippen molar-refractivity contribution in [2.45, 2.75) is 26.9 Å². The van der Waals surface area contributed by atoms with Crippen LogP contribution in [0.1, 0.15) is 23.6 Å². The van der Waals surface area contributed by atoms with Gasteiger partial charge in [-0.1, -0.05) is 42.0 Å². The maximum atomic E-state index is 12.6. The summed E-state index contributed by atoms with van der Waals surface area (Å²) in [6.45, 7) is 4.39. The Morgan fingerprint density at radius 2 is 1.72 bits per heavy atom. The number of nitrogens with zero attached hydrogens (tertiary/aromatic N) is 1. The molecule has 2 aromatic carbocycles. The van der Waals surface area contributed by atoms with E-state index in [1.54, 1.807) is 12.0 Å². The fourth-order valence-corrected chi connectivity index (χ4v) is 2.53. The van der Waals surface area contributed by atoms with Gasteiger partial charge in [-0.2, -0.15) is 0 Å². The molecule has 0 heterocycles. The van der Waals surface area contributed by atoms with Gasteiger partial charge in [0.25, 0.3) is 0 Å². The molecule has 0 spiro atoms. The molecule has 25 heavy (non-hydrogen) atoms. The van der Waals surface area contributed by atoms with Crippen molar-refractivity contribution in [2.75, 3.05) is 13.7 Å². The van der Waals surface area contributed by atoms with Gasteiger partial charge in [0.15, 0.2) is 0 Å². The topological polar surface area (TPSA) is 58.6 Å². The Morgan fingerprint density at radius 1 is 1.04 bits per heavy atom. The number of amides is 2. The van der Waals surface area contributed by atoms with Gasteiger partial charge in [0.05, 0.1) is 13.7 Å². The number of benzene rings is 2. The summed E-state index contributed by atoms with van der Waals surface area (Å²) in [4.78, 5) is 25.4. The number of carbonyl (C=O) groups excluding carboxylic acids is 2. The first-order chi connectivity index (χ1) is 12.0. The van der Waals surface area contributed by atoms with E-state index in [0.29, 0.717) is 13.1 Å². The summed E-state index contributed by atoms with van der Waals surface area (Å²) in [5.41, 5.74) is 3.21. The smallest absolute Gasteiger partial charge is 0.242 e. The third-order valence-corrected chi connectivity index (χ3v) is 3.83. The van der Waals surface area contributed by atoms with E-state index in [1.807, 2.05) is 49.4 Å². The van der Waals surface area contributed by atoms with Crippen LogP contribution in [-0.2, 0) is 22.7 Å². The molecule has 0 radical (unpaired) electrons. The lowest BCUT2D eigenvalue weighted by molar-refractivity contribution is -0.133. The lowest BCUT2D eigenvalue weighted by Crippen LogP contribution is -2.38. The van der Waals surface area contributed by atoms with E-state index in [-0.39, 0.29) is 18.4 Å². The van der Waals surface area contributed by atoms with Crippen molar-refractivity contribution in [2.24, 2.45) is 0 Å². The van der Waals surface area contributed by atoms with Crippen LogP contribution in [0, 0.1) is 6.92 Å². The van der Waals surface area contributed by atoms with Crippen LogP contribution in [0.4, 0.5) is 0 Å². The minimum atomic E-state index is -0.215. The SMILES string of the molecule is COc1ccc(CN(Cc2cccc(C)c2)C(=O)CNC(C)=O)cc1. The van der Waals surface area contributed by atoms with Crippen LogP contribution in [-0.4, -0.2) is 30.4 Å². The Kier molecular flexibility index (Phi) is 6.57. The predicted octanol–water partition coefficient (Wildman–Crippen LogP) is 2.67. The summed E-state index contributed by atoms with van der Waals surface area (Å²) in [6.07, 6.45) is 0. The summed E-state index contributed by atoms with van der Waals surface area (Å²) in [5, 5.41) is 2.58. The number of aryl methyl sites for hydroxylation is 1. The first-order valence-electron chi connectivity index (χ1n) is 8.18. The molecular weight excluding hydrogens is 316 g/mol. The summed E-state index contributed by atoms with van der Waals surface area (Å²) < 4.78 is 5.17. The van der Waals surface area contributed by atoms with Crippen LogP contribution >= 0.6 is 0 Å². The van der Waals surface area contributed by atoms with Gasteiger partial charge in [-0.3, -0.25) is 9.59 Å². The number of rotatable bonds is 7. The fraction of sp³-hybridized carbons (Fsp3) is 0.300. The molecule has 1 N–H and O–H groups in total. The Labute approximate surface area is 148 Å². The number of methoxy groups -OCH3 is 1. The van der Waals surface area contributed by atoms with Crippen LogP contribution < -0.4 is 10.1 Å². The molecule has 0 aliphatic carbocycles. The summed E-state index contributed by atoms with van der Waals surface area (Å²) in [6, 6.07) is 15.7. The van der Waals surface area contributed by atoms with E-state index in [4.69, 9.17) is 4.74 Å². The van der Waals surface area contributed by atoms with Crippen LogP contribution in [0.15, 0.2) is 48.5 Å². The summed E-state index contributed by atoms with van der Waals surface area (Å²) in [5.74, 6) is 0.444. The molecule has 0 fully saturated rings. The minimum absolute atomic E-state index is 0.00267. The standard InChI is InChI=1S/C20H24N2O3/c1-15-5-4-6-18(11-15)14-22(20(24)12-21-16(2)23)13-17-7-9-19(25-3)10-8-17/h4-11H,12-14H2,1-3H3,(H,21,23). The number of nitrogens with one attached hydrogen (secondary N) is 1. The number of ether oxygens (including phenoxy) is 1. The van der Waals surface area contributed by atoms with Crippen LogP contribution in [0.5, 0.6) is 5.75 Å². The first kappa shape index (κ1) is 18.5. The molecule has 0 aliphatic rings. The fourth-order valence-electron chi connectivity index (χ4n) is 2.53. The largest absolute Gasteiger partial charge is 0.497 e. The van der Waals surface area contributed by atoms with Crippen LogP contribution in [0.2, 0.25) is 0 Å². The van der Waals surface area contributed by atoms with E-state index in [1.165, 1.54) is 6.92 Å². The zero-order chi connectivity index (χ0) is 18.2. The van der Waals surface area contributed by atoms with E-state index in [0.717, 1.165) is 22.4 Å². The first-order valence-corrected chi connectivity index (χ1v) is 8.18. The molecule has 0 aliphatic heterocycles. The number of hydrogen-bond acceptors (Lipinski definition) is 3. The molecule has 0 saturated carbocycles. The Bertz CT molecular complexity index is 726. The normalized spacial score (nSPS) is 10.2. The highest BCUT2D eigenvalue weighted by Crippen LogP contribution is 2.15. The molecule has 0 bridgehead atoms. The molecule has 132 valence electrons. The van der Waals surface area contributed by atoms with Crippen molar-refractivity contribution in [1.29, 1.82) is 0 Å². The van der Waals surface area contributed by atoms with Crippen molar-refractivity contribution in [1.82, 2.24) is 10.2 Å². The molecule has 2 amide bonds. The van der Waals surface area contributed by atoms with Crippen molar-refractivity contribution in [3.05, 3.63) is 65.2 Å². The zero-order valence-electron chi connectivity index (χ0n) is 14.9. The van der Waals surface area contributed by atoms with Crippen LogP contribution in [0.3, 0.4) is 0 Å². The number of hydrogen-bond donors (Lipinski definition) is 1. The Morgan fingerprint density at radius 3 is 2.32 bits per heavy atom. The van der Waals surface area contributed by atoms with Crippen molar-refractivity contribution < 1.29 is 14.3 Å². The third-order valence-electron chi connectivity index (χ3n) is 3.83. The molecule has 5 nitrogen and oxygen atoms in total. The molecule has 0 aromatic heterocycles. The second-order valence-electron chi connectivity index (χ2n) is 6.00. The second kappa shape index (κ2) is 8.87. The highest BCUT2D eigenvalue weighted by atomic mass is 16.5. The molecular formula is C20H24N2O3. The molecule has 2 aromatic rings. The third kappa shape index (κ3) is 5.95.